The minimum atomic E-state index is -4.43. The summed E-state index contributed by atoms with van der Waals surface area (Å²) in [5.41, 5.74) is -0.851. The molecule has 0 aromatic heterocycles. The van der Waals surface area contributed by atoms with Crippen LogP contribution in [-0.2, 0) is 15.7 Å². The van der Waals surface area contributed by atoms with E-state index in [1.54, 1.807) is 0 Å². The average molecular weight is 230 g/mol. The maximum atomic E-state index is 12.5. The van der Waals surface area contributed by atoms with Crippen LogP contribution >= 0.6 is 0 Å². The second-order valence-corrected chi connectivity index (χ2v) is 2.94. The molecule has 5 heteroatoms. The van der Waals surface area contributed by atoms with Gasteiger partial charge in [-0.2, -0.15) is 13.2 Å². The van der Waals surface area contributed by atoms with Crippen molar-refractivity contribution in [1.82, 2.24) is 0 Å². The first-order valence-corrected chi connectivity index (χ1v) is 4.37. The first-order chi connectivity index (χ1) is 7.45. The smallest absolute Gasteiger partial charge is 0.416 e. The fraction of sp³-hybridized carbons (Fsp3) is 0.182. The maximum Gasteiger partial charge on any atom is 0.416 e. The van der Waals surface area contributed by atoms with E-state index in [-0.39, 0.29) is 5.56 Å². The molecule has 0 aliphatic carbocycles. The lowest BCUT2D eigenvalue weighted by atomic mass is 10.1. The lowest BCUT2D eigenvalue weighted by Gasteiger charge is -2.09. The van der Waals surface area contributed by atoms with Crippen LogP contribution in [-0.4, -0.2) is 13.1 Å². The van der Waals surface area contributed by atoms with Gasteiger partial charge in [-0.3, -0.25) is 0 Å². The van der Waals surface area contributed by atoms with Crippen LogP contribution in [0.2, 0.25) is 0 Å². The molecule has 0 atom stereocenters. The summed E-state index contributed by atoms with van der Waals surface area (Å²) in [6.07, 6.45) is -2.41. The molecule has 0 heterocycles. The van der Waals surface area contributed by atoms with E-state index in [1.807, 2.05) is 0 Å². The summed E-state index contributed by atoms with van der Waals surface area (Å²) in [7, 11) is 1.16. The third kappa shape index (κ3) is 3.12. The lowest BCUT2D eigenvalue weighted by Crippen LogP contribution is -2.07. The van der Waals surface area contributed by atoms with E-state index < -0.39 is 17.7 Å². The quantitative estimate of drug-likeness (QED) is 0.576. The number of ether oxygens (including phenoxy) is 1. The van der Waals surface area contributed by atoms with E-state index in [0.717, 1.165) is 25.3 Å². The fourth-order valence-corrected chi connectivity index (χ4v) is 1.13. The van der Waals surface area contributed by atoms with E-state index in [0.29, 0.717) is 0 Å². The number of esters is 1. The maximum absolute atomic E-state index is 12.5. The van der Waals surface area contributed by atoms with Gasteiger partial charge in [0.25, 0.3) is 0 Å². The molecular formula is C11H9F3O2. The van der Waals surface area contributed by atoms with Crippen LogP contribution in [0.15, 0.2) is 30.3 Å². The summed E-state index contributed by atoms with van der Waals surface area (Å²) >= 11 is 0. The molecule has 2 nitrogen and oxygen atoms in total. The molecule has 1 rings (SSSR count). The number of hydrogen-bond donors (Lipinski definition) is 0. The summed E-state index contributed by atoms with van der Waals surface area (Å²) in [4.78, 5) is 10.8. The number of halogens is 3. The predicted octanol–water partition coefficient (Wildman–Crippen LogP) is 2.89. The Balaban J connectivity index is 3.05. The molecular weight excluding hydrogens is 221 g/mol. The van der Waals surface area contributed by atoms with E-state index in [2.05, 4.69) is 4.74 Å². The number of carbonyl (C=O) groups is 1. The highest BCUT2D eigenvalue weighted by molar-refractivity contribution is 5.87. The normalized spacial score (nSPS) is 11.8. The van der Waals surface area contributed by atoms with Crippen LogP contribution in [0.1, 0.15) is 11.1 Å². The summed E-state index contributed by atoms with van der Waals surface area (Å²) in [5.74, 6) is -0.697. The van der Waals surface area contributed by atoms with Crippen LogP contribution in [0.5, 0.6) is 0 Å². The zero-order valence-electron chi connectivity index (χ0n) is 8.41. The Labute approximate surface area is 90.3 Å². The van der Waals surface area contributed by atoms with Crippen molar-refractivity contribution in [3.8, 4) is 0 Å². The van der Waals surface area contributed by atoms with Crippen molar-refractivity contribution in [3.05, 3.63) is 41.5 Å². The summed E-state index contributed by atoms with van der Waals surface area (Å²) < 4.78 is 41.8. The lowest BCUT2D eigenvalue weighted by molar-refractivity contribution is -0.138. The first kappa shape index (κ1) is 12.3. The van der Waals surface area contributed by atoms with Crippen molar-refractivity contribution < 1.29 is 22.7 Å². The van der Waals surface area contributed by atoms with Crippen LogP contribution in [0.3, 0.4) is 0 Å². The Bertz CT molecular complexity index is 408. The number of carbonyl (C=O) groups excluding carboxylic acids is 1. The number of alkyl halides is 3. The van der Waals surface area contributed by atoms with Crippen molar-refractivity contribution in [1.29, 1.82) is 0 Å². The molecule has 0 saturated carbocycles. The molecule has 0 radical (unpaired) electrons. The van der Waals surface area contributed by atoms with Crippen LogP contribution in [0.25, 0.3) is 6.08 Å². The van der Waals surface area contributed by atoms with Crippen molar-refractivity contribution in [2.45, 2.75) is 6.18 Å². The van der Waals surface area contributed by atoms with E-state index in [9.17, 15) is 18.0 Å². The fourth-order valence-electron chi connectivity index (χ4n) is 1.13. The molecule has 0 spiro atoms. The van der Waals surface area contributed by atoms with Crippen LogP contribution in [0, 0.1) is 0 Å². The van der Waals surface area contributed by atoms with Crippen molar-refractivity contribution in [2.75, 3.05) is 7.11 Å². The average Bonchev–Trinajstić information content (AvgIpc) is 2.25. The third-order valence-electron chi connectivity index (χ3n) is 1.87. The van der Waals surface area contributed by atoms with Gasteiger partial charge in [0, 0.05) is 6.08 Å². The van der Waals surface area contributed by atoms with Gasteiger partial charge in [0.15, 0.2) is 0 Å². The molecule has 16 heavy (non-hydrogen) atoms. The highest BCUT2D eigenvalue weighted by Crippen LogP contribution is 2.32. The number of rotatable bonds is 2. The summed E-state index contributed by atoms with van der Waals surface area (Å²) in [6.45, 7) is 0. The molecule has 1 aromatic rings. The standard InChI is InChI=1S/C11H9F3O2/c1-16-10(15)7-6-8-4-2-3-5-9(8)11(12,13)14/h2-7H,1H3/b7-6-. The SMILES string of the molecule is COC(=O)/C=C\c1ccccc1C(F)(F)F. The van der Waals surface area contributed by atoms with Gasteiger partial charge in [0.2, 0.25) is 0 Å². The third-order valence-corrected chi connectivity index (χ3v) is 1.87. The number of benzene rings is 1. The molecule has 1 aromatic carbocycles. The molecule has 86 valence electrons. The van der Waals surface area contributed by atoms with Gasteiger partial charge in [-0.05, 0) is 17.7 Å². The highest BCUT2D eigenvalue weighted by atomic mass is 19.4. The molecule has 0 fully saturated rings. The second kappa shape index (κ2) is 4.83. The first-order valence-electron chi connectivity index (χ1n) is 4.37. The predicted molar refractivity (Wildman–Crippen MR) is 52.5 cm³/mol. The largest absolute Gasteiger partial charge is 0.466 e. The van der Waals surface area contributed by atoms with Gasteiger partial charge in [-0.1, -0.05) is 18.2 Å². The zero-order chi connectivity index (χ0) is 12.2. The van der Waals surface area contributed by atoms with E-state index in [4.69, 9.17) is 0 Å². The van der Waals surface area contributed by atoms with Gasteiger partial charge in [-0.25, -0.2) is 4.79 Å². The topological polar surface area (TPSA) is 26.3 Å². The Morgan fingerprint density at radius 1 is 1.31 bits per heavy atom. The van der Waals surface area contributed by atoms with Gasteiger partial charge < -0.3 is 4.74 Å². The number of hydrogen-bond acceptors (Lipinski definition) is 2. The highest BCUT2D eigenvalue weighted by Gasteiger charge is 2.32. The van der Waals surface area contributed by atoms with E-state index in [1.165, 1.54) is 18.2 Å². The minimum Gasteiger partial charge on any atom is -0.466 e. The molecule has 0 saturated heterocycles. The van der Waals surface area contributed by atoms with Gasteiger partial charge in [0.05, 0.1) is 12.7 Å². The second-order valence-electron chi connectivity index (χ2n) is 2.94. The minimum absolute atomic E-state index is 0.0691. The van der Waals surface area contributed by atoms with Crippen molar-refractivity contribution in [2.24, 2.45) is 0 Å². The molecule has 0 unspecified atom stereocenters. The molecule has 0 aliphatic rings. The molecule has 0 bridgehead atoms. The van der Waals surface area contributed by atoms with Crippen LogP contribution < -0.4 is 0 Å². The zero-order valence-corrected chi connectivity index (χ0v) is 8.41. The molecule has 0 aliphatic heterocycles. The number of methoxy groups -OCH3 is 1. The van der Waals surface area contributed by atoms with Gasteiger partial charge >= 0.3 is 12.1 Å². The monoisotopic (exact) mass is 230 g/mol. The van der Waals surface area contributed by atoms with Crippen molar-refractivity contribution in [3.63, 3.8) is 0 Å². The van der Waals surface area contributed by atoms with Crippen molar-refractivity contribution >= 4 is 12.0 Å². The summed E-state index contributed by atoms with van der Waals surface area (Å²) in [6, 6.07) is 4.99. The Hall–Kier alpha value is -1.78. The molecule has 0 N–H and O–H groups in total. The molecule has 0 amide bonds. The van der Waals surface area contributed by atoms with Crippen LogP contribution in [0.4, 0.5) is 13.2 Å². The Kier molecular flexibility index (Phi) is 3.71. The van der Waals surface area contributed by atoms with E-state index >= 15 is 0 Å². The summed E-state index contributed by atoms with van der Waals surface area (Å²) in [5, 5.41) is 0. The Morgan fingerprint density at radius 2 is 1.94 bits per heavy atom. The Morgan fingerprint density at radius 3 is 2.50 bits per heavy atom. The van der Waals surface area contributed by atoms with Gasteiger partial charge in [0.1, 0.15) is 0 Å². The van der Waals surface area contributed by atoms with Gasteiger partial charge in [-0.15, -0.1) is 0 Å².